The van der Waals surface area contributed by atoms with Crippen LogP contribution < -0.4 is 11.3 Å². The number of benzene rings is 1. The molecule has 2 rings (SSSR count). The van der Waals surface area contributed by atoms with Gasteiger partial charge in [0.15, 0.2) is 0 Å². The van der Waals surface area contributed by atoms with Crippen molar-refractivity contribution < 1.29 is 13.2 Å². The van der Waals surface area contributed by atoms with E-state index in [0.717, 1.165) is 17.8 Å². The van der Waals surface area contributed by atoms with Gasteiger partial charge >= 0.3 is 6.18 Å². The van der Waals surface area contributed by atoms with Gasteiger partial charge in [0.05, 0.1) is 29.8 Å². The van der Waals surface area contributed by atoms with Crippen molar-refractivity contribution in [2.45, 2.75) is 19.1 Å². The molecule has 0 spiro atoms. The molecular weight excluding hydrogens is 269 g/mol. The summed E-state index contributed by atoms with van der Waals surface area (Å²) in [6, 6.07) is 3.21. The highest BCUT2D eigenvalue weighted by atomic mass is 19.4. The molecule has 20 heavy (non-hydrogen) atoms. The normalized spacial score (nSPS) is 13.5. The molecule has 3 N–H and O–H groups in total. The maximum Gasteiger partial charge on any atom is 0.416 e. The second-order valence-corrected chi connectivity index (χ2v) is 4.60. The van der Waals surface area contributed by atoms with Gasteiger partial charge in [-0.2, -0.15) is 13.2 Å². The molecule has 0 aliphatic heterocycles. The van der Waals surface area contributed by atoms with Crippen molar-refractivity contribution in [3.8, 4) is 0 Å². The van der Waals surface area contributed by atoms with Gasteiger partial charge in [-0.25, -0.2) is 10.4 Å². The summed E-state index contributed by atoms with van der Waals surface area (Å²) in [5.74, 6) is 5.54. The molecule has 1 atom stereocenters. The molecule has 4 nitrogen and oxygen atoms in total. The Morgan fingerprint density at radius 2 is 2.05 bits per heavy atom. The number of hydrogen-bond acceptors (Lipinski definition) is 3. The topological polar surface area (TPSA) is 55.9 Å². The molecule has 2 aromatic rings. The third-order valence-corrected chi connectivity index (χ3v) is 3.22. The zero-order valence-corrected chi connectivity index (χ0v) is 11.1. The van der Waals surface area contributed by atoms with E-state index in [-0.39, 0.29) is 0 Å². The van der Waals surface area contributed by atoms with Crippen LogP contribution in [0.25, 0.3) is 0 Å². The Morgan fingerprint density at radius 3 is 2.50 bits per heavy atom. The van der Waals surface area contributed by atoms with Crippen LogP contribution in [0.4, 0.5) is 13.2 Å². The second-order valence-electron chi connectivity index (χ2n) is 4.60. The molecule has 1 aromatic carbocycles. The molecule has 0 aliphatic carbocycles. The molecule has 1 heterocycles. The van der Waals surface area contributed by atoms with Gasteiger partial charge in [-0.3, -0.25) is 5.84 Å². The maximum atomic E-state index is 12.7. The lowest BCUT2D eigenvalue weighted by Gasteiger charge is -2.20. The van der Waals surface area contributed by atoms with Gasteiger partial charge < -0.3 is 4.57 Å². The quantitative estimate of drug-likeness (QED) is 0.671. The van der Waals surface area contributed by atoms with Crippen molar-refractivity contribution in [3.05, 3.63) is 53.1 Å². The SMILES string of the molecule is Cc1cc(C(F)(F)F)ccc1C(NN)c1cncn1C. The van der Waals surface area contributed by atoms with Crippen LogP contribution in [-0.2, 0) is 13.2 Å². The Kier molecular flexibility index (Phi) is 3.82. The number of nitrogens with two attached hydrogens (primary N) is 1. The molecule has 0 radical (unpaired) electrons. The number of hydrogen-bond donors (Lipinski definition) is 2. The Labute approximate surface area is 114 Å². The van der Waals surface area contributed by atoms with Gasteiger partial charge in [0, 0.05) is 7.05 Å². The van der Waals surface area contributed by atoms with Crippen LogP contribution in [0.1, 0.15) is 28.4 Å². The highest BCUT2D eigenvalue weighted by molar-refractivity contribution is 5.38. The summed E-state index contributed by atoms with van der Waals surface area (Å²) in [7, 11) is 1.80. The van der Waals surface area contributed by atoms with E-state index in [2.05, 4.69) is 10.4 Å². The molecule has 108 valence electrons. The monoisotopic (exact) mass is 284 g/mol. The van der Waals surface area contributed by atoms with Crippen LogP contribution in [-0.4, -0.2) is 9.55 Å². The molecule has 0 bridgehead atoms. The lowest BCUT2D eigenvalue weighted by atomic mass is 9.97. The van der Waals surface area contributed by atoms with E-state index >= 15 is 0 Å². The van der Waals surface area contributed by atoms with E-state index in [4.69, 9.17) is 5.84 Å². The standard InChI is InChI=1S/C13H15F3N4/c1-8-5-9(13(14,15)16)3-4-10(8)12(19-17)11-6-18-7-20(11)2/h3-7,12,19H,17H2,1-2H3. The highest BCUT2D eigenvalue weighted by Gasteiger charge is 2.31. The first-order chi connectivity index (χ1) is 9.34. The average molecular weight is 284 g/mol. The van der Waals surface area contributed by atoms with Gasteiger partial charge in [0.25, 0.3) is 0 Å². The number of alkyl halides is 3. The molecule has 0 saturated heterocycles. The Balaban J connectivity index is 2.44. The van der Waals surface area contributed by atoms with E-state index < -0.39 is 17.8 Å². The van der Waals surface area contributed by atoms with Crippen molar-refractivity contribution in [2.24, 2.45) is 12.9 Å². The minimum atomic E-state index is -4.35. The van der Waals surface area contributed by atoms with E-state index in [1.54, 1.807) is 31.1 Å². The summed E-state index contributed by atoms with van der Waals surface area (Å²) in [5, 5.41) is 0. The number of hydrazine groups is 1. The van der Waals surface area contributed by atoms with Gasteiger partial charge in [-0.05, 0) is 30.2 Å². The average Bonchev–Trinajstić information content (AvgIpc) is 2.77. The second kappa shape index (κ2) is 5.26. The van der Waals surface area contributed by atoms with Crippen molar-refractivity contribution in [2.75, 3.05) is 0 Å². The zero-order chi connectivity index (χ0) is 14.9. The number of nitrogens with zero attached hydrogens (tertiary/aromatic N) is 2. The lowest BCUT2D eigenvalue weighted by Crippen LogP contribution is -2.30. The van der Waals surface area contributed by atoms with E-state index in [1.807, 2.05) is 0 Å². The number of aromatic nitrogens is 2. The summed E-state index contributed by atoms with van der Waals surface area (Å²) in [6.07, 6.45) is -1.11. The van der Waals surface area contributed by atoms with Crippen LogP contribution >= 0.6 is 0 Å². The third kappa shape index (κ3) is 2.68. The largest absolute Gasteiger partial charge is 0.416 e. The molecule has 0 fully saturated rings. The Bertz CT molecular complexity index is 604. The Hall–Kier alpha value is -1.86. The van der Waals surface area contributed by atoms with Crippen molar-refractivity contribution >= 4 is 0 Å². The fraction of sp³-hybridized carbons (Fsp3) is 0.308. The third-order valence-electron chi connectivity index (χ3n) is 3.22. The highest BCUT2D eigenvalue weighted by Crippen LogP contribution is 2.32. The van der Waals surface area contributed by atoms with Gasteiger partial charge in [0.1, 0.15) is 0 Å². The van der Waals surface area contributed by atoms with Crippen molar-refractivity contribution in [1.29, 1.82) is 0 Å². The summed E-state index contributed by atoms with van der Waals surface area (Å²) in [4.78, 5) is 3.99. The van der Waals surface area contributed by atoms with E-state index in [1.165, 1.54) is 6.07 Å². The number of nitrogens with one attached hydrogen (secondary N) is 1. The zero-order valence-electron chi connectivity index (χ0n) is 11.1. The molecule has 0 saturated carbocycles. The number of imidazole rings is 1. The first kappa shape index (κ1) is 14.5. The van der Waals surface area contributed by atoms with Crippen LogP contribution in [0.5, 0.6) is 0 Å². The molecular formula is C13H15F3N4. The van der Waals surface area contributed by atoms with Gasteiger partial charge in [-0.15, -0.1) is 0 Å². The van der Waals surface area contributed by atoms with Crippen LogP contribution in [0.2, 0.25) is 0 Å². The number of halogens is 3. The van der Waals surface area contributed by atoms with Gasteiger partial charge in [-0.1, -0.05) is 6.07 Å². The molecule has 1 aromatic heterocycles. The van der Waals surface area contributed by atoms with E-state index in [0.29, 0.717) is 11.1 Å². The van der Waals surface area contributed by atoms with Crippen LogP contribution in [0, 0.1) is 6.92 Å². The van der Waals surface area contributed by atoms with Crippen LogP contribution in [0.15, 0.2) is 30.7 Å². The van der Waals surface area contributed by atoms with Gasteiger partial charge in [0.2, 0.25) is 0 Å². The lowest BCUT2D eigenvalue weighted by molar-refractivity contribution is -0.137. The van der Waals surface area contributed by atoms with Crippen molar-refractivity contribution in [1.82, 2.24) is 15.0 Å². The Morgan fingerprint density at radius 1 is 1.35 bits per heavy atom. The fourth-order valence-corrected chi connectivity index (χ4v) is 2.16. The predicted octanol–water partition coefficient (Wildman–Crippen LogP) is 2.30. The summed E-state index contributed by atoms with van der Waals surface area (Å²) in [5.41, 5.74) is 3.93. The first-order valence-electron chi connectivity index (χ1n) is 5.94. The summed E-state index contributed by atoms with van der Waals surface area (Å²) >= 11 is 0. The predicted molar refractivity (Wildman–Crippen MR) is 68.6 cm³/mol. The molecule has 7 heteroatoms. The summed E-state index contributed by atoms with van der Waals surface area (Å²) < 4.78 is 39.8. The minimum Gasteiger partial charge on any atom is -0.336 e. The molecule has 0 amide bonds. The van der Waals surface area contributed by atoms with E-state index in [9.17, 15) is 13.2 Å². The maximum absolute atomic E-state index is 12.7. The molecule has 1 unspecified atom stereocenters. The molecule has 0 aliphatic rings. The number of aryl methyl sites for hydroxylation is 2. The first-order valence-corrected chi connectivity index (χ1v) is 5.94. The number of rotatable bonds is 3. The van der Waals surface area contributed by atoms with Crippen LogP contribution in [0.3, 0.4) is 0 Å². The summed E-state index contributed by atoms with van der Waals surface area (Å²) in [6.45, 7) is 1.63. The van der Waals surface area contributed by atoms with Crippen molar-refractivity contribution in [3.63, 3.8) is 0 Å². The smallest absolute Gasteiger partial charge is 0.336 e. The minimum absolute atomic E-state index is 0.412. The fourth-order valence-electron chi connectivity index (χ4n) is 2.16.